The Morgan fingerprint density at radius 3 is 3.06 bits per heavy atom. The third kappa shape index (κ3) is 2.95. The second-order valence-electron chi connectivity index (χ2n) is 3.90. The van der Waals surface area contributed by atoms with Crippen molar-refractivity contribution in [1.29, 1.82) is 0 Å². The van der Waals surface area contributed by atoms with Crippen LogP contribution in [0, 0.1) is 0 Å². The summed E-state index contributed by atoms with van der Waals surface area (Å²) < 4.78 is 5.43. The zero-order chi connectivity index (χ0) is 13.1. The Hall–Kier alpha value is -1.69. The number of hydrogen-bond acceptors (Lipinski definition) is 4. The SMILES string of the molecule is CC1Oc2ccc(SCCC(=O)O)cc2NC1=O. The zero-order valence-corrected chi connectivity index (χ0v) is 10.6. The van der Waals surface area contributed by atoms with Gasteiger partial charge in [0.05, 0.1) is 12.1 Å². The van der Waals surface area contributed by atoms with Crippen molar-refractivity contribution in [1.82, 2.24) is 0 Å². The third-order valence-electron chi connectivity index (χ3n) is 2.47. The number of thioether (sulfide) groups is 1. The zero-order valence-electron chi connectivity index (χ0n) is 9.80. The molecule has 18 heavy (non-hydrogen) atoms. The molecule has 5 nitrogen and oxygen atoms in total. The van der Waals surface area contributed by atoms with Crippen LogP contribution in [0.2, 0.25) is 0 Å². The van der Waals surface area contributed by atoms with Gasteiger partial charge in [0, 0.05) is 10.6 Å². The van der Waals surface area contributed by atoms with E-state index in [-0.39, 0.29) is 12.3 Å². The fourth-order valence-electron chi connectivity index (χ4n) is 1.53. The van der Waals surface area contributed by atoms with Crippen molar-refractivity contribution in [2.45, 2.75) is 24.3 Å². The molecule has 2 N–H and O–H groups in total. The Morgan fingerprint density at radius 1 is 1.56 bits per heavy atom. The van der Waals surface area contributed by atoms with Crippen molar-refractivity contribution in [2.75, 3.05) is 11.1 Å². The molecule has 1 aromatic rings. The van der Waals surface area contributed by atoms with Gasteiger partial charge in [-0.15, -0.1) is 11.8 Å². The second-order valence-corrected chi connectivity index (χ2v) is 5.07. The van der Waals surface area contributed by atoms with Gasteiger partial charge in [-0.05, 0) is 25.1 Å². The van der Waals surface area contributed by atoms with Crippen molar-refractivity contribution < 1.29 is 19.4 Å². The number of anilines is 1. The van der Waals surface area contributed by atoms with Crippen LogP contribution in [0.1, 0.15) is 13.3 Å². The summed E-state index contributed by atoms with van der Waals surface area (Å²) in [5, 5.41) is 11.3. The van der Waals surface area contributed by atoms with E-state index in [0.717, 1.165) is 4.90 Å². The molecule has 0 aromatic heterocycles. The highest BCUT2D eigenvalue weighted by Crippen LogP contribution is 2.33. The number of aliphatic carboxylic acids is 1. The molecule has 96 valence electrons. The Bertz CT molecular complexity index is 489. The van der Waals surface area contributed by atoms with E-state index in [0.29, 0.717) is 17.2 Å². The fraction of sp³-hybridized carbons (Fsp3) is 0.333. The van der Waals surface area contributed by atoms with E-state index in [2.05, 4.69) is 5.32 Å². The summed E-state index contributed by atoms with van der Waals surface area (Å²) in [6, 6.07) is 5.44. The summed E-state index contributed by atoms with van der Waals surface area (Å²) in [4.78, 5) is 22.8. The number of rotatable bonds is 4. The molecule has 0 saturated heterocycles. The van der Waals surface area contributed by atoms with Crippen LogP contribution < -0.4 is 10.1 Å². The molecule has 1 amide bonds. The molecule has 6 heteroatoms. The molecule has 1 aliphatic heterocycles. The Morgan fingerprint density at radius 2 is 2.33 bits per heavy atom. The van der Waals surface area contributed by atoms with E-state index in [1.807, 2.05) is 6.07 Å². The van der Waals surface area contributed by atoms with Crippen molar-refractivity contribution in [2.24, 2.45) is 0 Å². The number of carbonyl (C=O) groups is 2. The van der Waals surface area contributed by atoms with Gasteiger partial charge in [0.1, 0.15) is 5.75 Å². The Kier molecular flexibility index (Phi) is 3.76. The van der Waals surface area contributed by atoms with Gasteiger partial charge in [0.25, 0.3) is 5.91 Å². The highest BCUT2D eigenvalue weighted by Gasteiger charge is 2.23. The van der Waals surface area contributed by atoms with Gasteiger partial charge in [-0.1, -0.05) is 0 Å². The lowest BCUT2D eigenvalue weighted by Gasteiger charge is -2.23. The van der Waals surface area contributed by atoms with E-state index >= 15 is 0 Å². The lowest BCUT2D eigenvalue weighted by molar-refractivity contribution is -0.136. The highest BCUT2D eigenvalue weighted by atomic mass is 32.2. The first kappa shape index (κ1) is 12.8. The van der Waals surface area contributed by atoms with E-state index in [1.165, 1.54) is 11.8 Å². The number of benzene rings is 1. The number of hydrogen-bond donors (Lipinski definition) is 2. The lowest BCUT2D eigenvalue weighted by Crippen LogP contribution is -2.34. The standard InChI is InChI=1S/C12H13NO4S/c1-7-12(16)13-9-6-8(2-3-10(9)17-7)18-5-4-11(14)15/h2-3,6-7H,4-5H2,1H3,(H,13,16)(H,14,15). The maximum absolute atomic E-state index is 11.5. The van der Waals surface area contributed by atoms with Crippen molar-refractivity contribution in [3.8, 4) is 5.75 Å². The molecule has 1 unspecified atom stereocenters. The predicted molar refractivity (Wildman–Crippen MR) is 68.1 cm³/mol. The van der Waals surface area contributed by atoms with Crippen LogP contribution in [0.25, 0.3) is 0 Å². The fourth-order valence-corrected chi connectivity index (χ4v) is 2.41. The normalized spacial score (nSPS) is 17.6. The van der Waals surface area contributed by atoms with E-state index in [9.17, 15) is 9.59 Å². The summed E-state index contributed by atoms with van der Waals surface area (Å²) in [5.41, 5.74) is 0.637. The predicted octanol–water partition coefficient (Wildman–Crippen LogP) is 1.97. The second kappa shape index (κ2) is 5.30. The number of amides is 1. The van der Waals surface area contributed by atoms with Crippen LogP contribution >= 0.6 is 11.8 Å². The van der Waals surface area contributed by atoms with Gasteiger partial charge >= 0.3 is 5.97 Å². The van der Waals surface area contributed by atoms with E-state index < -0.39 is 12.1 Å². The van der Waals surface area contributed by atoms with Crippen molar-refractivity contribution in [3.05, 3.63) is 18.2 Å². The lowest BCUT2D eigenvalue weighted by atomic mass is 10.2. The number of fused-ring (bicyclic) bond motifs is 1. The summed E-state index contributed by atoms with van der Waals surface area (Å²) in [5.74, 6) is 0.157. The quantitative estimate of drug-likeness (QED) is 0.816. The third-order valence-corrected chi connectivity index (χ3v) is 3.46. The molecule has 0 fully saturated rings. The maximum Gasteiger partial charge on any atom is 0.304 e. The average molecular weight is 267 g/mol. The van der Waals surface area contributed by atoms with E-state index in [4.69, 9.17) is 9.84 Å². The van der Waals surface area contributed by atoms with Gasteiger partial charge in [-0.2, -0.15) is 0 Å². The smallest absolute Gasteiger partial charge is 0.304 e. The number of nitrogens with one attached hydrogen (secondary N) is 1. The first-order valence-corrected chi connectivity index (χ1v) is 6.51. The number of ether oxygens (including phenoxy) is 1. The molecule has 1 aromatic carbocycles. The van der Waals surface area contributed by atoms with Gasteiger partial charge < -0.3 is 15.2 Å². The summed E-state index contributed by atoms with van der Waals surface area (Å²) in [7, 11) is 0. The minimum atomic E-state index is -0.814. The van der Waals surface area contributed by atoms with Gasteiger partial charge in [0.2, 0.25) is 0 Å². The van der Waals surface area contributed by atoms with Crippen LogP contribution in [0.15, 0.2) is 23.1 Å². The van der Waals surface area contributed by atoms with Gasteiger partial charge in [-0.3, -0.25) is 9.59 Å². The number of carboxylic acids is 1. The van der Waals surface area contributed by atoms with Gasteiger partial charge in [0.15, 0.2) is 6.10 Å². The highest BCUT2D eigenvalue weighted by molar-refractivity contribution is 7.99. The molecular weight excluding hydrogens is 254 g/mol. The van der Waals surface area contributed by atoms with Crippen LogP contribution in [-0.2, 0) is 9.59 Å². The molecule has 0 aliphatic carbocycles. The molecule has 0 bridgehead atoms. The van der Waals surface area contributed by atoms with E-state index in [1.54, 1.807) is 19.1 Å². The molecular formula is C12H13NO4S. The number of carboxylic acid groups (broad SMARTS) is 1. The summed E-state index contributed by atoms with van der Waals surface area (Å²) in [6.07, 6.45) is -0.371. The molecule has 1 heterocycles. The van der Waals surface area contributed by atoms with Crippen LogP contribution in [0.3, 0.4) is 0 Å². The summed E-state index contributed by atoms with van der Waals surface area (Å²) in [6.45, 7) is 1.69. The van der Waals surface area contributed by atoms with Crippen LogP contribution in [0.5, 0.6) is 5.75 Å². The van der Waals surface area contributed by atoms with Crippen LogP contribution in [-0.4, -0.2) is 28.8 Å². The molecule has 0 radical (unpaired) electrons. The minimum Gasteiger partial charge on any atom is -0.481 e. The molecule has 1 aliphatic rings. The minimum absolute atomic E-state index is 0.113. The molecule has 0 saturated carbocycles. The van der Waals surface area contributed by atoms with Crippen LogP contribution in [0.4, 0.5) is 5.69 Å². The average Bonchev–Trinajstić information content (AvgIpc) is 2.30. The topological polar surface area (TPSA) is 75.6 Å². The number of carbonyl (C=O) groups excluding carboxylic acids is 1. The van der Waals surface area contributed by atoms with Gasteiger partial charge in [-0.25, -0.2) is 0 Å². The Labute approximate surface area is 109 Å². The first-order valence-electron chi connectivity index (χ1n) is 5.52. The first-order chi connectivity index (χ1) is 8.56. The Balaban J connectivity index is 2.05. The summed E-state index contributed by atoms with van der Waals surface area (Å²) >= 11 is 1.44. The molecule has 1 atom stereocenters. The molecule has 0 spiro atoms. The largest absolute Gasteiger partial charge is 0.481 e. The van der Waals surface area contributed by atoms with Crippen molar-refractivity contribution in [3.63, 3.8) is 0 Å². The van der Waals surface area contributed by atoms with Crippen molar-refractivity contribution >= 4 is 29.3 Å². The maximum atomic E-state index is 11.5. The molecule has 2 rings (SSSR count). The monoisotopic (exact) mass is 267 g/mol.